The lowest BCUT2D eigenvalue weighted by molar-refractivity contribution is -0.120. The Morgan fingerprint density at radius 2 is 1.56 bits per heavy atom. The minimum absolute atomic E-state index is 0.111. The number of aryl methyl sites for hydroxylation is 1. The van der Waals surface area contributed by atoms with Gasteiger partial charge in [0.2, 0.25) is 0 Å². The molecule has 2 heterocycles. The normalized spacial score (nSPS) is 17.5. The first-order valence-electron chi connectivity index (χ1n) is 11.0. The summed E-state index contributed by atoms with van der Waals surface area (Å²) in [5, 5.41) is 9.22. The van der Waals surface area contributed by atoms with Gasteiger partial charge in [-0.05, 0) is 43.7 Å². The number of aliphatic hydroxyl groups excluding tert-OH is 1. The van der Waals surface area contributed by atoms with E-state index in [1.54, 1.807) is 24.3 Å². The maximum absolute atomic E-state index is 13.6. The van der Waals surface area contributed by atoms with Gasteiger partial charge in [-0.1, -0.05) is 29.8 Å². The third-order valence-corrected chi connectivity index (χ3v) is 5.91. The van der Waals surface area contributed by atoms with Crippen molar-refractivity contribution in [1.29, 1.82) is 0 Å². The van der Waals surface area contributed by atoms with E-state index in [9.17, 15) is 14.7 Å². The van der Waals surface area contributed by atoms with Gasteiger partial charge in [0, 0.05) is 32.7 Å². The Morgan fingerprint density at radius 1 is 0.906 bits per heavy atom. The molecule has 4 rings (SSSR count). The van der Waals surface area contributed by atoms with Crippen LogP contribution >= 0.6 is 0 Å². The van der Waals surface area contributed by atoms with E-state index in [1.165, 1.54) is 4.90 Å². The zero-order valence-corrected chi connectivity index (χ0v) is 18.6. The average molecular weight is 436 g/mol. The molecule has 0 bridgehead atoms. The number of amides is 2. The minimum Gasteiger partial charge on any atom is -0.494 e. The number of benzene rings is 2. The van der Waals surface area contributed by atoms with Gasteiger partial charge in [0.1, 0.15) is 11.4 Å². The van der Waals surface area contributed by atoms with Gasteiger partial charge in [0.15, 0.2) is 0 Å². The number of rotatable bonds is 7. The highest BCUT2D eigenvalue weighted by Gasteiger charge is 2.43. The number of carbonyl (C=O) groups is 2. The molecule has 2 amide bonds. The fourth-order valence-electron chi connectivity index (χ4n) is 4.22. The Bertz CT molecular complexity index is 1010. The molecule has 1 fully saturated rings. The molecule has 0 aliphatic carbocycles. The molecular weight excluding hydrogens is 406 g/mol. The summed E-state index contributed by atoms with van der Waals surface area (Å²) in [7, 11) is 0. The number of imide groups is 1. The first kappa shape index (κ1) is 22.0. The second kappa shape index (κ2) is 9.54. The summed E-state index contributed by atoms with van der Waals surface area (Å²) in [5.41, 5.74) is 3.27. The Hall–Kier alpha value is -3.16. The number of anilines is 1. The van der Waals surface area contributed by atoms with Crippen LogP contribution in [0.4, 0.5) is 5.69 Å². The molecule has 2 aromatic carbocycles. The number of hydrogen-bond acceptors (Lipinski definition) is 6. The molecule has 7 nitrogen and oxygen atoms in total. The van der Waals surface area contributed by atoms with E-state index in [-0.39, 0.29) is 18.4 Å². The van der Waals surface area contributed by atoms with Crippen LogP contribution in [0.25, 0.3) is 5.57 Å². The molecule has 0 unspecified atom stereocenters. The van der Waals surface area contributed by atoms with Crippen LogP contribution in [-0.2, 0) is 9.59 Å². The lowest BCUT2D eigenvalue weighted by Crippen LogP contribution is -2.48. The lowest BCUT2D eigenvalue weighted by Gasteiger charge is -2.36. The van der Waals surface area contributed by atoms with E-state index in [0.717, 1.165) is 24.2 Å². The van der Waals surface area contributed by atoms with Crippen molar-refractivity contribution in [3.05, 3.63) is 65.4 Å². The highest BCUT2D eigenvalue weighted by molar-refractivity contribution is 6.45. The van der Waals surface area contributed by atoms with E-state index >= 15 is 0 Å². The van der Waals surface area contributed by atoms with Crippen LogP contribution in [0.1, 0.15) is 18.1 Å². The number of ether oxygens (including phenoxy) is 1. The standard InChI is InChI=1S/C25H29N3O4/c1-3-32-21-10-8-20(9-11-21)28-24(30)22(19-6-4-18(2)5-7-19)23(25(28)31)27-14-12-26(13-15-27)16-17-29/h4-11,29H,3,12-17H2,1-2H3. The van der Waals surface area contributed by atoms with E-state index < -0.39 is 0 Å². The van der Waals surface area contributed by atoms with Crippen molar-refractivity contribution in [2.24, 2.45) is 0 Å². The van der Waals surface area contributed by atoms with Crippen LogP contribution in [0.2, 0.25) is 0 Å². The van der Waals surface area contributed by atoms with E-state index in [1.807, 2.05) is 43.0 Å². The zero-order chi connectivity index (χ0) is 22.7. The third-order valence-electron chi connectivity index (χ3n) is 5.91. The van der Waals surface area contributed by atoms with E-state index in [0.29, 0.717) is 48.9 Å². The quantitative estimate of drug-likeness (QED) is 0.673. The second-order valence-corrected chi connectivity index (χ2v) is 8.01. The van der Waals surface area contributed by atoms with Crippen LogP contribution in [0, 0.1) is 6.92 Å². The monoisotopic (exact) mass is 435 g/mol. The molecule has 1 N–H and O–H groups in total. The summed E-state index contributed by atoms with van der Waals surface area (Å²) < 4.78 is 5.50. The van der Waals surface area contributed by atoms with Crippen molar-refractivity contribution < 1.29 is 19.4 Å². The molecule has 2 aromatic rings. The van der Waals surface area contributed by atoms with Gasteiger partial charge in [-0.15, -0.1) is 0 Å². The van der Waals surface area contributed by atoms with Crippen molar-refractivity contribution >= 4 is 23.1 Å². The van der Waals surface area contributed by atoms with Crippen molar-refractivity contribution in [3.63, 3.8) is 0 Å². The highest BCUT2D eigenvalue weighted by Crippen LogP contribution is 2.35. The van der Waals surface area contributed by atoms with Crippen LogP contribution in [0.15, 0.2) is 54.2 Å². The maximum Gasteiger partial charge on any atom is 0.282 e. The molecule has 2 aliphatic heterocycles. The summed E-state index contributed by atoms with van der Waals surface area (Å²) in [6.07, 6.45) is 0. The molecule has 0 aromatic heterocycles. The van der Waals surface area contributed by atoms with Gasteiger partial charge in [-0.2, -0.15) is 0 Å². The van der Waals surface area contributed by atoms with Crippen LogP contribution < -0.4 is 9.64 Å². The minimum atomic E-state index is -0.309. The molecule has 2 aliphatic rings. The van der Waals surface area contributed by atoms with Gasteiger partial charge in [-0.25, -0.2) is 4.90 Å². The molecule has 7 heteroatoms. The van der Waals surface area contributed by atoms with Crippen molar-refractivity contribution in [2.45, 2.75) is 13.8 Å². The topological polar surface area (TPSA) is 73.3 Å². The molecular formula is C25H29N3O4. The Kier molecular flexibility index (Phi) is 6.58. The maximum atomic E-state index is 13.6. The van der Waals surface area contributed by atoms with E-state index in [4.69, 9.17) is 4.74 Å². The lowest BCUT2D eigenvalue weighted by atomic mass is 10.0. The Labute approximate surface area is 188 Å². The fraction of sp³-hybridized carbons (Fsp3) is 0.360. The number of nitrogens with zero attached hydrogens (tertiary/aromatic N) is 3. The second-order valence-electron chi connectivity index (χ2n) is 8.01. The summed E-state index contributed by atoms with van der Waals surface area (Å²) in [5.74, 6) is 0.0865. The van der Waals surface area contributed by atoms with Gasteiger partial charge >= 0.3 is 0 Å². The Morgan fingerprint density at radius 3 is 2.16 bits per heavy atom. The average Bonchev–Trinajstić information content (AvgIpc) is 3.06. The first-order valence-corrected chi connectivity index (χ1v) is 11.0. The third kappa shape index (κ3) is 4.26. The largest absolute Gasteiger partial charge is 0.494 e. The smallest absolute Gasteiger partial charge is 0.282 e. The zero-order valence-electron chi connectivity index (χ0n) is 18.6. The number of piperazine rings is 1. The van der Waals surface area contributed by atoms with E-state index in [2.05, 4.69) is 4.90 Å². The predicted octanol–water partition coefficient (Wildman–Crippen LogP) is 2.29. The first-order chi connectivity index (χ1) is 15.5. The van der Waals surface area contributed by atoms with Gasteiger partial charge in [-0.3, -0.25) is 14.5 Å². The Balaban J connectivity index is 1.69. The van der Waals surface area contributed by atoms with Crippen molar-refractivity contribution in [2.75, 3.05) is 50.8 Å². The molecule has 0 spiro atoms. The molecule has 0 atom stereocenters. The van der Waals surface area contributed by atoms with Crippen molar-refractivity contribution in [3.8, 4) is 5.75 Å². The highest BCUT2D eigenvalue weighted by atomic mass is 16.5. The van der Waals surface area contributed by atoms with Crippen molar-refractivity contribution in [1.82, 2.24) is 9.80 Å². The molecule has 0 saturated carbocycles. The van der Waals surface area contributed by atoms with Gasteiger partial charge in [0.05, 0.1) is 24.5 Å². The molecule has 1 saturated heterocycles. The molecule has 32 heavy (non-hydrogen) atoms. The van der Waals surface area contributed by atoms with Crippen LogP contribution in [-0.4, -0.2) is 72.7 Å². The predicted molar refractivity (Wildman–Crippen MR) is 123 cm³/mol. The van der Waals surface area contributed by atoms with Gasteiger partial charge < -0.3 is 14.7 Å². The number of hydrogen-bond donors (Lipinski definition) is 1. The fourth-order valence-corrected chi connectivity index (χ4v) is 4.22. The SMILES string of the molecule is CCOc1ccc(N2C(=O)C(c3ccc(C)cc3)=C(N3CCN(CCO)CC3)C2=O)cc1. The van der Waals surface area contributed by atoms with Gasteiger partial charge in [0.25, 0.3) is 11.8 Å². The summed E-state index contributed by atoms with van der Waals surface area (Å²) in [6.45, 7) is 7.89. The number of β-amino-alcohol motifs (C(OH)–C–C–N with tert-alkyl or cyclic N) is 1. The summed E-state index contributed by atoms with van der Waals surface area (Å²) in [4.78, 5) is 32.6. The molecule has 168 valence electrons. The number of carbonyl (C=O) groups excluding carboxylic acids is 2. The summed E-state index contributed by atoms with van der Waals surface area (Å²) in [6, 6.07) is 14.8. The van der Waals surface area contributed by atoms with Crippen LogP contribution in [0.3, 0.4) is 0 Å². The van der Waals surface area contributed by atoms with Crippen LogP contribution in [0.5, 0.6) is 5.75 Å². The number of aliphatic hydroxyl groups is 1. The summed E-state index contributed by atoms with van der Waals surface area (Å²) >= 11 is 0. The molecule has 0 radical (unpaired) electrons.